The molecule has 2 aliphatic rings. The monoisotopic (exact) mass is 196 g/mol. The highest BCUT2D eigenvalue weighted by atomic mass is 16.4. The maximum Gasteiger partial charge on any atom is 0.307 e. The molecule has 0 aromatic carbocycles. The van der Waals surface area contributed by atoms with Gasteiger partial charge in [0.15, 0.2) is 0 Å². The van der Waals surface area contributed by atoms with E-state index in [0.717, 1.165) is 6.42 Å². The molecule has 0 aromatic heterocycles. The second kappa shape index (κ2) is 3.56. The molecule has 2 saturated carbocycles. The van der Waals surface area contributed by atoms with E-state index in [-0.39, 0.29) is 11.3 Å². The van der Waals surface area contributed by atoms with Crippen molar-refractivity contribution in [2.75, 3.05) is 0 Å². The molecule has 0 bridgehead atoms. The molecule has 0 unspecified atom stereocenters. The fourth-order valence-corrected chi connectivity index (χ4v) is 3.14. The van der Waals surface area contributed by atoms with E-state index in [4.69, 9.17) is 5.11 Å². The van der Waals surface area contributed by atoms with Crippen LogP contribution in [0.15, 0.2) is 0 Å². The Balaban J connectivity index is 1.97. The van der Waals surface area contributed by atoms with Crippen molar-refractivity contribution in [3.8, 4) is 0 Å². The van der Waals surface area contributed by atoms with Crippen molar-refractivity contribution < 1.29 is 9.90 Å². The molecule has 2 rings (SSSR count). The van der Waals surface area contributed by atoms with Crippen LogP contribution in [0.3, 0.4) is 0 Å². The molecule has 2 fully saturated rings. The smallest absolute Gasteiger partial charge is 0.307 e. The molecule has 2 atom stereocenters. The zero-order valence-corrected chi connectivity index (χ0v) is 8.96. The summed E-state index contributed by atoms with van der Waals surface area (Å²) in [6, 6.07) is 0. The summed E-state index contributed by atoms with van der Waals surface area (Å²) < 4.78 is 0. The van der Waals surface area contributed by atoms with Gasteiger partial charge in [0.2, 0.25) is 0 Å². The number of carboxylic acid groups (broad SMARTS) is 1. The van der Waals surface area contributed by atoms with Crippen LogP contribution < -0.4 is 0 Å². The van der Waals surface area contributed by atoms with E-state index in [2.05, 4.69) is 6.92 Å². The third-order valence-corrected chi connectivity index (χ3v) is 4.37. The number of aliphatic carboxylic acids is 1. The van der Waals surface area contributed by atoms with Gasteiger partial charge in [-0.15, -0.1) is 0 Å². The molecule has 0 aromatic rings. The Hall–Kier alpha value is -0.530. The summed E-state index contributed by atoms with van der Waals surface area (Å²) in [5, 5.41) is 8.99. The lowest BCUT2D eigenvalue weighted by atomic mass is 9.83. The van der Waals surface area contributed by atoms with Crippen molar-refractivity contribution in [2.45, 2.75) is 51.9 Å². The second-order valence-corrected chi connectivity index (χ2v) is 5.29. The normalized spacial score (nSPS) is 39.1. The van der Waals surface area contributed by atoms with Gasteiger partial charge in [-0.05, 0) is 30.6 Å². The van der Waals surface area contributed by atoms with Gasteiger partial charge in [0, 0.05) is 0 Å². The lowest BCUT2D eigenvalue weighted by Crippen LogP contribution is -2.17. The molecule has 0 radical (unpaired) electrons. The number of hydrogen-bond acceptors (Lipinski definition) is 1. The summed E-state index contributed by atoms with van der Waals surface area (Å²) in [6.45, 7) is 2.18. The SMILES string of the molecule is C[C@]1(C2CCCCCC2)C[C@@H]1C(=O)O. The van der Waals surface area contributed by atoms with Crippen LogP contribution >= 0.6 is 0 Å². The fraction of sp³-hybridized carbons (Fsp3) is 0.917. The summed E-state index contributed by atoms with van der Waals surface area (Å²) in [5.41, 5.74) is 0.149. The third-order valence-electron chi connectivity index (χ3n) is 4.37. The molecule has 2 nitrogen and oxygen atoms in total. The number of carboxylic acids is 1. The number of carbonyl (C=O) groups is 1. The Bertz CT molecular complexity index is 228. The number of hydrogen-bond donors (Lipinski definition) is 1. The Labute approximate surface area is 85.7 Å². The molecular weight excluding hydrogens is 176 g/mol. The van der Waals surface area contributed by atoms with Crippen LogP contribution in [0, 0.1) is 17.3 Å². The van der Waals surface area contributed by atoms with Crippen molar-refractivity contribution >= 4 is 5.97 Å². The van der Waals surface area contributed by atoms with Crippen molar-refractivity contribution in [3.63, 3.8) is 0 Å². The minimum absolute atomic E-state index is 0.0365. The Morgan fingerprint density at radius 2 is 1.79 bits per heavy atom. The first kappa shape index (κ1) is 10.0. The Morgan fingerprint density at radius 1 is 1.21 bits per heavy atom. The van der Waals surface area contributed by atoms with Gasteiger partial charge < -0.3 is 5.11 Å². The highest BCUT2D eigenvalue weighted by molar-refractivity contribution is 5.74. The standard InChI is InChI=1S/C12H20O2/c1-12(8-10(12)11(13)14)9-6-4-2-3-5-7-9/h9-10H,2-8H2,1H3,(H,13,14)/t10-,12-/m1/s1. The Morgan fingerprint density at radius 3 is 2.21 bits per heavy atom. The van der Waals surface area contributed by atoms with Crippen LogP contribution in [-0.4, -0.2) is 11.1 Å². The van der Waals surface area contributed by atoms with E-state index in [0.29, 0.717) is 5.92 Å². The summed E-state index contributed by atoms with van der Waals surface area (Å²) in [7, 11) is 0. The first-order valence-corrected chi connectivity index (χ1v) is 5.87. The van der Waals surface area contributed by atoms with Crippen molar-refractivity contribution in [1.29, 1.82) is 0 Å². The largest absolute Gasteiger partial charge is 0.481 e. The van der Waals surface area contributed by atoms with Gasteiger partial charge in [-0.3, -0.25) is 4.79 Å². The first-order valence-electron chi connectivity index (χ1n) is 5.87. The van der Waals surface area contributed by atoms with Crippen LogP contribution in [0.5, 0.6) is 0 Å². The maximum atomic E-state index is 10.9. The molecule has 0 spiro atoms. The fourth-order valence-electron chi connectivity index (χ4n) is 3.14. The zero-order valence-electron chi connectivity index (χ0n) is 8.96. The first-order chi connectivity index (χ1) is 6.64. The maximum absolute atomic E-state index is 10.9. The lowest BCUT2D eigenvalue weighted by Gasteiger charge is -2.22. The van der Waals surface area contributed by atoms with E-state index in [1.807, 2.05) is 0 Å². The van der Waals surface area contributed by atoms with Gasteiger partial charge >= 0.3 is 5.97 Å². The lowest BCUT2D eigenvalue weighted by molar-refractivity contribution is -0.139. The van der Waals surface area contributed by atoms with Gasteiger partial charge in [0.05, 0.1) is 5.92 Å². The predicted octanol–water partition coefficient (Wildman–Crippen LogP) is 3.07. The van der Waals surface area contributed by atoms with Crippen LogP contribution in [0.1, 0.15) is 51.9 Å². The summed E-state index contributed by atoms with van der Waals surface area (Å²) in [6.07, 6.45) is 8.78. The molecule has 14 heavy (non-hydrogen) atoms. The van der Waals surface area contributed by atoms with E-state index >= 15 is 0 Å². The summed E-state index contributed by atoms with van der Waals surface area (Å²) in [4.78, 5) is 10.9. The van der Waals surface area contributed by atoms with Crippen molar-refractivity contribution in [1.82, 2.24) is 0 Å². The molecule has 0 saturated heterocycles. The minimum Gasteiger partial charge on any atom is -0.481 e. The van der Waals surface area contributed by atoms with Gasteiger partial charge in [-0.2, -0.15) is 0 Å². The van der Waals surface area contributed by atoms with Crippen LogP contribution in [0.25, 0.3) is 0 Å². The quantitative estimate of drug-likeness (QED) is 0.689. The molecule has 2 aliphatic carbocycles. The molecule has 2 heteroatoms. The van der Waals surface area contributed by atoms with Crippen LogP contribution in [0.4, 0.5) is 0 Å². The highest BCUT2D eigenvalue weighted by Crippen LogP contribution is 2.60. The average Bonchev–Trinajstić information content (AvgIpc) is 2.84. The van der Waals surface area contributed by atoms with Gasteiger partial charge in [-0.25, -0.2) is 0 Å². The topological polar surface area (TPSA) is 37.3 Å². The zero-order chi connectivity index (χ0) is 10.2. The number of rotatable bonds is 2. The minimum atomic E-state index is -0.572. The van der Waals surface area contributed by atoms with E-state index in [1.54, 1.807) is 0 Å². The van der Waals surface area contributed by atoms with E-state index in [9.17, 15) is 4.79 Å². The summed E-state index contributed by atoms with van der Waals surface area (Å²) >= 11 is 0. The average molecular weight is 196 g/mol. The van der Waals surface area contributed by atoms with Crippen molar-refractivity contribution in [2.24, 2.45) is 17.3 Å². The highest BCUT2D eigenvalue weighted by Gasteiger charge is 2.58. The van der Waals surface area contributed by atoms with Crippen LogP contribution in [0.2, 0.25) is 0 Å². The van der Waals surface area contributed by atoms with Gasteiger partial charge in [0.1, 0.15) is 0 Å². The molecule has 1 N–H and O–H groups in total. The second-order valence-electron chi connectivity index (χ2n) is 5.29. The molecule has 80 valence electrons. The molecule has 0 amide bonds. The van der Waals surface area contributed by atoms with E-state index in [1.165, 1.54) is 38.5 Å². The van der Waals surface area contributed by atoms with E-state index < -0.39 is 5.97 Å². The Kier molecular flexibility index (Phi) is 2.54. The van der Waals surface area contributed by atoms with Crippen LogP contribution in [-0.2, 0) is 4.79 Å². The van der Waals surface area contributed by atoms with Gasteiger partial charge in [-0.1, -0.05) is 32.6 Å². The molecular formula is C12H20O2. The third kappa shape index (κ3) is 1.67. The predicted molar refractivity (Wildman–Crippen MR) is 55.0 cm³/mol. The molecule has 0 aliphatic heterocycles. The molecule has 0 heterocycles. The van der Waals surface area contributed by atoms with Crippen molar-refractivity contribution in [3.05, 3.63) is 0 Å². The van der Waals surface area contributed by atoms with Gasteiger partial charge in [0.25, 0.3) is 0 Å². The summed E-state index contributed by atoms with van der Waals surface area (Å²) in [5.74, 6) is 0.0773.